The molecule has 0 heterocycles. The molecule has 0 fully saturated rings. The van der Waals surface area contributed by atoms with Crippen LogP contribution in [-0.2, 0) is 0 Å². The number of ether oxygens (including phenoxy) is 2. The van der Waals surface area contributed by atoms with Crippen molar-refractivity contribution in [2.45, 2.75) is 20.0 Å². The van der Waals surface area contributed by atoms with Gasteiger partial charge in [0.25, 0.3) is 0 Å². The predicted octanol–water partition coefficient (Wildman–Crippen LogP) is 3.80. The lowest BCUT2D eigenvalue weighted by molar-refractivity contribution is 0.195. The SMILES string of the molecule is CCOc1ccccc1Oc1cc(C#N)ccc1[C@@H](C)O. The van der Waals surface area contributed by atoms with Crippen molar-refractivity contribution in [3.8, 4) is 23.3 Å². The lowest BCUT2D eigenvalue weighted by atomic mass is 10.1. The van der Waals surface area contributed by atoms with Crippen molar-refractivity contribution in [3.05, 3.63) is 53.6 Å². The smallest absolute Gasteiger partial charge is 0.169 e. The normalized spacial score (nSPS) is 11.5. The Morgan fingerprint density at radius 1 is 1.14 bits per heavy atom. The van der Waals surface area contributed by atoms with Crippen LogP contribution in [0.2, 0.25) is 0 Å². The third-order valence-electron chi connectivity index (χ3n) is 2.96. The molecular weight excluding hydrogens is 266 g/mol. The number of aliphatic hydroxyl groups is 1. The number of nitrogens with zero attached hydrogens (tertiary/aromatic N) is 1. The van der Waals surface area contributed by atoms with E-state index in [1.807, 2.05) is 25.1 Å². The van der Waals surface area contributed by atoms with Crippen LogP contribution in [0.25, 0.3) is 0 Å². The molecule has 1 N–H and O–H groups in total. The molecule has 0 spiro atoms. The lowest BCUT2D eigenvalue weighted by Crippen LogP contribution is -1.99. The van der Waals surface area contributed by atoms with Crippen LogP contribution in [-0.4, -0.2) is 11.7 Å². The number of hydrogen-bond donors (Lipinski definition) is 1. The molecule has 1 atom stereocenters. The second-order valence-electron chi connectivity index (χ2n) is 4.52. The predicted molar refractivity (Wildman–Crippen MR) is 79.5 cm³/mol. The van der Waals surface area contributed by atoms with Gasteiger partial charge in [-0.2, -0.15) is 5.26 Å². The lowest BCUT2D eigenvalue weighted by Gasteiger charge is -2.15. The molecule has 0 unspecified atom stereocenters. The highest BCUT2D eigenvalue weighted by atomic mass is 16.5. The summed E-state index contributed by atoms with van der Waals surface area (Å²) in [5.74, 6) is 1.63. The highest BCUT2D eigenvalue weighted by molar-refractivity contribution is 5.48. The zero-order valence-corrected chi connectivity index (χ0v) is 12.0. The first kappa shape index (κ1) is 14.9. The van der Waals surface area contributed by atoms with Crippen molar-refractivity contribution in [2.24, 2.45) is 0 Å². The Bertz CT molecular complexity index is 659. The maximum absolute atomic E-state index is 9.82. The van der Waals surface area contributed by atoms with Gasteiger partial charge < -0.3 is 14.6 Å². The summed E-state index contributed by atoms with van der Waals surface area (Å²) >= 11 is 0. The van der Waals surface area contributed by atoms with Crippen LogP contribution in [0.4, 0.5) is 0 Å². The number of benzene rings is 2. The van der Waals surface area contributed by atoms with Crippen molar-refractivity contribution in [2.75, 3.05) is 6.61 Å². The third-order valence-corrected chi connectivity index (χ3v) is 2.96. The molecule has 0 aliphatic carbocycles. The topological polar surface area (TPSA) is 62.5 Å². The summed E-state index contributed by atoms with van der Waals surface area (Å²) in [4.78, 5) is 0. The van der Waals surface area contributed by atoms with E-state index in [0.29, 0.717) is 35.0 Å². The number of aliphatic hydroxyl groups excluding tert-OH is 1. The van der Waals surface area contributed by atoms with Gasteiger partial charge in [0.2, 0.25) is 0 Å². The highest BCUT2D eigenvalue weighted by Crippen LogP contribution is 2.35. The van der Waals surface area contributed by atoms with Crippen molar-refractivity contribution in [3.63, 3.8) is 0 Å². The molecule has 2 rings (SSSR count). The largest absolute Gasteiger partial charge is 0.490 e. The summed E-state index contributed by atoms with van der Waals surface area (Å²) in [7, 11) is 0. The molecule has 108 valence electrons. The fourth-order valence-electron chi connectivity index (χ4n) is 1.97. The van der Waals surface area contributed by atoms with Gasteiger partial charge >= 0.3 is 0 Å². The minimum absolute atomic E-state index is 0.455. The molecule has 0 radical (unpaired) electrons. The Kier molecular flexibility index (Phi) is 4.81. The van der Waals surface area contributed by atoms with E-state index in [4.69, 9.17) is 14.7 Å². The van der Waals surface area contributed by atoms with Crippen LogP contribution < -0.4 is 9.47 Å². The van der Waals surface area contributed by atoms with Gasteiger partial charge in [0, 0.05) is 5.56 Å². The Hall–Kier alpha value is -2.51. The summed E-state index contributed by atoms with van der Waals surface area (Å²) < 4.78 is 11.4. The number of rotatable bonds is 5. The third kappa shape index (κ3) is 3.53. The first-order valence-corrected chi connectivity index (χ1v) is 6.77. The van der Waals surface area contributed by atoms with Crippen molar-refractivity contribution in [1.29, 1.82) is 5.26 Å². The minimum Gasteiger partial charge on any atom is -0.490 e. The van der Waals surface area contributed by atoms with Gasteiger partial charge in [0.1, 0.15) is 5.75 Å². The number of nitriles is 1. The van der Waals surface area contributed by atoms with E-state index >= 15 is 0 Å². The molecule has 0 aliphatic rings. The molecule has 0 aliphatic heterocycles. The van der Waals surface area contributed by atoms with Gasteiger partial charge in [0.05, 0.1) is 24.3 Å². The van der Waals surface area contributed by atoms with E-state index in [1.165, 1.54) is 0 Å². The van der Waals surface area contributed by atoms with E-state index in [0.717, 1.165) is 0 Å². The molecule has 4 heteroatoms. The monoisotopic (exact) mass is 283 g/mol. The minimum atomic E-state index is -0.688. The first-order valence-electron chi connectivity index (χ1n) is 6.77. The second-order valence-corrected chi connectivity index (χ2v) is 4.52. The summed E-state index contributed by atoms with van der Waals surface area (Å²) in [6.45, 7) is 4.08. The fraction of sp³-hybridized carbons (Fsp3) is 0.235. The van der Waals surface area contributed by atoms with Crippen LogP contribution in [0.1, 0.15) is 31.1 Å². The van der Waals surface area contributed by atoms with E-state index in [2.05, 4.69) is 6.07 Å². The molecule has 0 amide bonds. The summed E-state index contributed by atoms with van der Waals surface area (Å²) in [5.41, 5.74) is 1.10. The van der Waals surface area contributed by atoms with Gasteiger partial charge in [-0.3, -0.25) is 0 Å². The van der Waals surface area contributed by atoms with Crippen molar-refractivity contribution in [1.82, 2.24) is 0 Å². The van der Waals surface area contributed by atoms with Crippen LogP contribution in [0.15, 0.2) is 42.5 Å². The Labute approximate surface area is 124 Å². The number of para-hydroxylation sites is 2. The molecule has 0 bridgehead atoms. The van der Waals surface area contributed by atoms with Crippen LogP contribution in [0, 0.1) is 11.3 Å². The average Bonchev–Trinajstić information content (AvgIpc) is 2.49. The van der Waals surface area contributed by atoms with Gasteiger partial charge in [-0.1, -0.05) is 18.2 Å². The fourth-order valence-corrected chi connectivity index (χ4v) is 1.97. The standard InChI is InChI=1S/C17H17NO3/c1-3-20-15-6-4-5-7-16(15)21-17-10-13(11-18)8-9-14(17)12(2)19/h4-10,12,19H,3H2,1-2H3/t12-/m1/s1. The van der Waals surface area contributed by atoms with E-state index in [1.54, 1.807) is 31.2 Å². The molecular formula is C17H17NO3. The zero-order chi connectivity index (χ0) is 15.2. The molecule has 4 nitrogen and oxygen atoms in total. The Morgan fingerprint density at radius 2 is 1.86 bits per heavy atom. The quantitative estimate of drug-likeness (QED) is 0.906. The van der Waals surface area contributed by atoms with Crippen LogP contribution in [0.5, 0.6) is 17.2 Å². The Balaban J connectivity index is 2.41. The first-order chi connectivity index (χ1) is 10.2. The highest BCUT2D eigenvalue weighted by Gasteiger charge is 2.13. The molecule has 0 aromatic heterocycles. The maximum Gasteiger partial charge on any atom is 0.169 e. The molecule has 0 saturated carbocycles. The van der Waals surface area contributed by atoms with E-state index in [9.17, 15) is 5.11 Å². The van der Waals surface area contributed by atoms with E-state index in [-0.39, 0.29) is 0 Å². The molecule has 2 aromatic carbocycles. The van der Waals surface area contributed by atoms with Gasteiger partial charge in [-0.15, -0.1) is 0 Å². The van der Waals surface area contributed by atoms with Gasteiger partial charge in [-0.25, -0.2) is 0 Å². The summed E-state index contributed by atoms with van der Waals surface area (Å²) in [6, 6.07) is 14.3. The van der Waals surface area contributed by atoms with Gasteiger partial charge in [-0.05, 0) is 38.1 Å². The van der Waals surface area contributed by atoms with E-state index < -0.39 is 6.10 Å². The molecule has 0 saturated heterocycles. The molecule has 2 aromatic rings. The van der Waals surface area contributed by atoms with Crippen LogP contribution in [0.3, 0.4) is 0 Å². The summed E-state index contributed by atoms with van der Waals surface area (Å²) in [6.07, 6.45) is -0.688. The van der Waals surface area contributed by atoms with Crippen LogP contribution >= 0.6 is 0 Å². The zero-order valence-electron chi connectivity index (χ0n) is 12.0. The van der Waals surface area contributed by atoms with Crippen molar-refractivity contribution >= 4 is 0 Å². The summed E-state index contributed by atoms with van der Waals surface area (Å²) in [5, 5.41) is 18.8. The number of hydrogen-bond acceptors (Lipinski definition) is 4. The van der Waals surface area contributed by atoms with Gasteiger partial charge in [0.15, 0.2) is 11.5 Å². The second kappa shape index (κ2) is 6.78. The Morgan fingerprint density at radius 3 is 2.48 bits per heavy atom. The average molecular weight is 283 g/mol. The molecule has 21 heavy (non-hydrogen) atoms. The van der Waals surface area contributed by atoms with Crippen molar-refractivity contribution < 1.29 is 14.6 Å². The maximum atomic E-state index is 9.82.